The van der Waals surface area contributed by atoms with Crippen LogP contribution in [0.3, 0.4) is 0 Å². The van der Waals surface area contributed by atoms with E-state index >= 15 is 0 Å². The molecule has 2 N–H and O–H groups in total. The smallest absolute Gasteiger partial charge is 0.344 e. The predicted octanol–water partition coefficient (Wildman–Crippen LogP) is 3.12. The van der Waals surface area contributed by atoms with E-state index in [0.29, 0.717) is 12.3 Å². The van der Waals surface area contributed by atoms with Crippen molar-refractivity contribution in [2.45, 2.75) is 50.7 Å². The molecule has 7 heteroatoms. The van der Waals surface area contributed by atoms with Gasteiger partial charge in [-0.25, -0.2) is 9.18 Å². The molecule has 0 saturated heterocycles. The maximum atomic E-state index is 15.0. The number of anilines is 1. The second kappa shape index (κ2) is 7.29. The van der Waals surface area contributed by atoms with Crippen LogP contribution in [0.25, 0.3) is 0 Å². The van der Waals surface area contributed by atoms with Gasteiger partial charge < -0.3 is 15.0 Å². The minimum absolute atomic E-state index is 0.130. The summed E-state index contributed by atoms with van der Waals surface area (Å²) in [5.74, 6) is 0.585. The summed E-state index contributed by atoms with van der Waals surface area (Å²) in [6, 6.07) is 2.03. The molecular weight excluding hydrogens is 335 g/mol. The lowest BCUT2D eigenvalue weighted by atomic mass is 9.75. The maximum Gasteiger partial charge on any atom is 0.344 e. The molecule has 6 nitrogen and oxygen atoms in total. The average Bonchev–Trinajstić information content (AvgIpc) is 2.97. The first-order valence-corrected chi connectivity index (χ1v) is 9.37. The van der Waals surface area contributed by atoms with Gasteiger partial charge in [-0.15, -0.1) is 0 Å². The number of esters is 1. The Labute approximate surface area is 154 Å². The molecule has 1 aromatic heterocycles. The van der Waals surface area contributed by atoms with Crippen LogP contribution in [0.2, 0.25) is 0 Å². The summed E-state index contributed by atoms with van der Waals surface area (Å²) in [6.07, 6.45) is 9.43. The molecule has 2 aliphatic rings. The molecule has 2 unspecified atom stereocenters. The number of carbonyl (C=O) groups is 1. The number of nitrogens with zero attached hydrogens (tertiary/aromatic N) is 2. The predicted molar refractivity (Wildman–Crippen MR) is 98.3 cm³/mol. The Kier molecular flexibility index (Phi) is 5.25. The van der Waals surface area contributed by atoms with Crippen LogP contribution in [-0.2, 0) is 9.53 Å². The SMILES string of the molecule is CCOC(=O)C1(F)CC12CCC(C(/C=C/N(C)C)Nc1ccn[nH]1)CC2. The topological polar surface area (TPSA) is 70.2 Å². The highest BCUT2D eigenvalue weighted by Gasteiger charge is 2.74. The Morgan fingerprint density at radius 1 is 1.54 bits per heavy atom. The number of hydrogen-bond donors (Lipinski definition) is 2. The quantitative estimate of drug-likeness (QED) is 0.728. The first-order chi connectivity index (χ1) is 12.4. The number of alkyl halides is 1. The molecule has 144 valence electrons. The van der Waals surface area contributed by atoms with Gasteiger partial charge in [-0.1, -0.05) is 0 Å². The first-order valence-electron chi connectivity index (χ1n) is 9.37. The standard InChI is InChI=1S/C19H29FN4O2/c1-4-26-17(25)19(20)13-18(19)9-5-14(6-10-18)15(8-12-24(2)3)22-16-7-11-21-23-16/h7-8,11-12,14-15H,4-6,9-10,13H2,1-3H3,(H2,21,22,23)/b12-8+. The molecule has 1 heterocycles. The number of halogens is 1. The highest BCUT2D eigenvalue weighted by Crippen LogP contribution is 2.67. The maximum absolute atomic E-state index is 15.0. The number of aromatic amines is 1. The number of carbonyl (C=O) groups excluding carboxylic acids is 1. The van der Waals surface area contributed by atoms with Crippen molar-refractivity contribution in [2.75, 3.05) is 26.0 Å². The third-order valence-electron chi connectivity index (χ3n) is 5.81. The highest BCUT2D eigenvalue weighted by molar-refractivity contribution is 5.85. The Balaban J connectivity index is 1.63. The fraction of sp³-hybridized carbons (Fsp3) is 0.684. The van der Waals surface area contributed by atoms with E-state index in [9.17, 15) is 9.18 Å². The molecule has 1 spiro atoms. The lowest BCUT2D eigenvalue weighted by Gasteiger charge is -2.34. The van der Waals surface area contributed by atoms with Crippen LogP contribution in [0.15, 0.2) is 24.5 Å². The van der Waals surface area contributed by atoms with Gasteiger partial charge in [-0.3, -0.25) is 5.10 Å². The van der Waals surface area contributed by atoms with E-state index in [-0.39, 0.29) is 12.6 Å². The van der Waals surface area contributed by atoms with E-state index in [2.05, 4.69) is 21.6 Å². The van der Waals surface area contributed by atoms with Crippen molar-refractivity contribution in [1.82, 2.24) is 15.1 Å². The van der Waals surface area contributed by atoms with Gasteiger partial charge in [-0.05, 0) is 56.9 Å². The van der Waals surface area contributed by atoms with E-state index in [1.807, 2.05) is 31.3 Å². The summed E-state index contributed by atoms with van der Waals surface area (Å²) >= 11 is 0. The number of hydrogen-bond acceptors (Lipinski definition) is 5. The molecule has 2 saturated carbocycles. The van der Waals surface area contributed by atoms with Gasteiger partial charge in [-0.2, -0.15) is 5.10 Å². The minimum atomic E-state index is -1.76. The largest absolute Gasteiger partial charge is 0.464 e. The average molecular weight is 364 g/mol. The van der Waals surface area contributed by atoms with Gasteiger partial charge in [0, 0.05) is 25.9 Å². The summed E-state index contributed by atoms with van der Waals surface area (Å²) < 4.78 is 19.9. The molecule has 0 bridgehead atoms. The van der Waals surface area contributed by atoms with Crippen molar-refractivity contribution in [3.63, 3.8) is 0 Å². The highest BCUT2D eigenvalue weighted by atomic mass is 19.1. The molecule has 0 aromatic carbocycles. The molecular formula is C19H29FN4O2. The molecule has 3 rings (SSSR count). The van der Waals surface area contributed by atoms with E-state index < -0.39 is 17.1 Å². The number of H-pyrrole nitrogens is 1. The fourth-order valence-corrected chi connectivity index (χ4v) is 4.18. The van der Waals surface area contributed by atoms with Crippen molar-refractivity contribution < 1.29 is 13.9 Å². The minimum Gasteiger partial charge on any atom is -0.464 e. The summed E-state index contributed by atoms with van der Waals surface area (Å²) in [6.45, 7) is 1.95. The zero-order valence-electron chi connectivity index (χ0n) is 15.8. The summed E-state index contributed by atoms with van der Waals surface area (Å²) in [7, 11) is 3.97. The Hall–Kier alpha value is -2.05. The van der Waals surface area contributed by atoms with Crippen molar-refractivity contribution in [3.05, 3.63) is 24.5 Å². The van der Waals surface area contributed by atoms with Crippen LogP contribution in [0.4, 0.5) is 10.2 Å². The summed E-state index contributed by atoms with van der Waals surface area (Å²) in [5.41, 5.74) is -2.26. The zero-order valence-corrected chi connectivity index (χ0v) is 15.8. The number of rotatable bonds is 7. The van der Waals surface area contributed by atoms with Crippen molar-refractivity contribution in [2.24, 2.45) is 11.3 Å². The fourth-order valence-electron chi connectivity index (χ4n) is 4.18. The summed E-state index contributed by atoms with van der Waals surface area (Å²) in [5, 5.41) is 10.4. The lowest BCUT2D eigenvalue weighted by molar-refractivity contribution is -0.153. The van der Waals surface area contributed by atoms with Crippen LogP contribution < -0.4 is 5.32 Å². The molecule has 2 aliphatic carbocycles. The van der Waals surface area contributed by atoms with E-state index in [1.165, 1.54) is 0 Å². The number of aromatic nitrogens is 2. The van der Waals surface area contributed by atoms with Crippen LogP contribution in [0, 0.1) is 11.3 Å². The Morgan fingerprint density at radius 3 is 2.85 bits per heavy atom. The van der Waals surface area contributed by atoms with Gasteiger partial charge in [0.1, 0.15) is 5.82 Å². The van der Waals surface area contributed by atoms with Crippen molar-refractivity contribution >= 4 is 11.8 Å². The molecule has 0 aliphatic heterocycles. The third kappa shape index (κ3) is 3.57. The third-order valence-corrected chi connectivity index (χ3v) is 5.81. The van der Waals surface area contributed by atoms with Crippen LogP contribution >= 0.6 is 0 Å². The van der Waals surface area contributed by atoms with Gasteiger partial charge in [0.15, 0.2) is 0 Å². The van der Waals surface area contributed by atoms with E-state index in [1.54, 1.807) is 13.1 Å². The second-order valence-electron chi connectivity index (χ2n) is 7.76. The molecule has 2 atom stereocenters. The molecule has 0 radical (unpaired) electrons. The normalized spacial score (nSPS) is 31.8. The van der Waals surface area contributed by atoms with Crippen molar-refractivity contribution in [3.8, 4) is 0 Å². The number of nitrogens with one attached hydrogen (secondary N) is 2. The lowest BCUT2D eigenvalue weighted by Crippen LogP contribution is -2.35. The van der Waals surface area contributed by atoms with Crippen molar-refractivity contribution in [1.29, 1.82) is 0 Å². The second-order valence-corrected chi connectivity index (χ2v) is 7.76. The Morgan fingerprint density at radius 2 is 2.27 bits per heavy atom. The monoisotopic (exact) mass is 364 g/mol. The molecule has 0 amide bonds. The van der Waals surface area contributed by atoms with Crippen LogP contribution in [0.1, 0.15) is 39.0 Å². The van der Waals surface area contributed by atoms with Crippen LogP contribution in [-0.4, -0.2) is 53.5 Å². The van der Waals surface area contributed by atoms with E-state index in [0.717, 1.165) is 31.5 Å². The van der Waals surface area contributed by atoms with Crippen LogP contribution in [0.5, 0.6) is 0 Å². The number of ether oxygens (including phenoxy) is 1. The first kappa shape index (κ1) is 18.7. The van der Waals surface area contributed by atoms with E-state index in [4.69, 9.17) is 4.74 Å². The van der Waals surface area contributed by atoms with Gasteiger partial charge >= 0.3 is 5.97 Å². The zero-order chi connectivity index (χ0) is 18.8. The molecule has 1 aromatic rings. The molecule has 2 fully saturated rings. The van der Waals surface area contributed by atoms with Gasteiger partial charge in [0.25, 0.3) is 0 Å². The molecule has 26 heavy (non-hydrogen) atoms. The van der Waals surface area contributed by atoms with Gasteiger partial charge in [0.2, 0.25) is 5.67 Å². The summed E-state index contributed by atoms with van der Waals surface area (Å²) in [4.78, 5) is 14.0. The van der Waals surface area contributed by atoms with Gasteiger partial charge in [0.05, 0.1) is 18.8 Å². The Bertz CT molecular complexity index is 638.